The molecule has 1 unspecified atom stereocenters. The molecule has 1 fully saturated rings. The van der Waals surface area contributed by atoms with E-state index < -0.39 is 0 Å². The normalized spacial score (nSPS) is 21.3. The summed E-state index contributed by atoms with van der Waals surface area (Å²) >= 11 is 1.73. The van der Waals surface area contributed by atoms with Crippen molar-refractivity contribution in [2.45, 2.75) is 45.1 Å². The van der Waals surface area contributed by atoms with Gasteiger partial charge in [0.2, 0.25) is 0 Å². The standard InChI is InChI=1S/C17H21N3S/c1-11-9-21-10-15(11)17-19-8-13-6-12(2-5-16(13)20-17)7-18-14-3-4-14/h8-10,12,14,18H,2-7H2,1H3. The number of fused-ring (bicyclic) bond motifs is 1. The van der Waals surface area contributed by atoms with Crippen LogP contribution >= 0.6 is 11.3 Å². The highest BCUT2D eigenvalue weighted by molar-refractivity contribution is 7.08. The summed E-state index contributed by atoms with van der Waals surface area (Å²) in [5.74, 6) is 1.66. The first-order valence-electron chi connectivity index (χ1n) is 7.91. The minimum absolute atomic E-state index is 0.760. The van der Waals surface area contributed by atoms with Gasteiger partial charge in [0.1, 0.15) is 0 Å². The van der Waals surface area contributed by atoms with Gasteiger partial charge in [0, 0.05) is 28.9 Å². The van der Waals surface area contributed by atoms with Crippen LogP contribution in [-0.2, 0) is 12.8 Å². The summed E-state index contributed by atoms with van der Waals surface area (Å²) in [6.45, 7) is 3.30. The van der Waals surface area contributed by atoms with Gasteiger partial charge in [0.25, 0.3) is 0 Å². The maximum atomic E-state index is 4.83. The first kappa shape index (κ1) is 13.4. The molecule has 3 nitrogen and oxygen atoms in total. The van der Waals surface area contributed by atoms with E-state index in [1.54, 1.807) is 11.3 Å². The second-order valence-corrected chi connectivity index (χ2v) is 7.17. The topological polar surface area (TPSA) is 37.8 Å². The summed E-state index contributed by atoms with van der Waals surface area (Å²) in [4.78, 5) is 9.45. The Morgan fingerprint density at radius 1 is 1.29 bits per heavy atom. The zero-order valence-corrected chi connectivity index (χ0v) is 13.2. The fourth-order valence-electron chi connectivity index (χ4n) is 3.10. The SMILES string of the molecule is Cc1cscc1-c1ncc2c(n1)CCC(CNC1CC1)C2. The average Bonchev–Trinajstić information content (AvgIpc) is 3.24. The van der Waals surface area contributed by atoms with Crippen LogP contribution in [0.5, 0.6) is 0 Å². The van der Waals surface area contributed by atoms with Crippen molar-refractivity contribution in [3.05, 3.63) is 33.8 Å². The van der Waals surface area contributed by atoms with Gasteiger partial charge in [-0.05, 0) is 68.0 Å². The molecule has 0 saturated heterocycles. The highest BCUT2D eigenvalue weighted by Gasteiger charge is 2.25. The van der Waals surface area contributed by atoms with Crippen molar-refractivity contribution in [1.82, 2.24) is 15.3 Å². The lowest BCUT2D eigenvalue weighted by Crippen LogP contribution is -2.29. The van der Waals surface area contributed by atoms with E-state index in [1.807, 2.05) is 0 Å². The zero-order chi connectivity index (χ0) is 14.2. The van der Waals surface area contributed by atoms with Crippen LogP contribution in [0.2, 0.25) is 0 Å². The van der Waals surface area contributed by atoms with E-state index in [9.17, 15) is 0 Å². The molecule has 1 saturated carbocycles. The molecule has 1 atom stereocenters. The number of rotatable bonds is 4. The molecule has 2 aliphatic rings. The van der Waals surface area contributed by atoms with E-state index in [2.05, 4.69) is 34.2 Å². The van der Waals surface area contributed by atoms with Crippen LogP contribution in [0, 0.1) is 12.8 Å². The van der Waals surface area contributed by atoms with Crippen molar-refractivity contribution < 1.29 is 0 Å². The van der Waals surface area contributed by atoms with Gasteiger partial charge in [-0.2, -0.15) is 11.3 Å². The van der Waals surface area contributed by atoms with E-state index in [0.717, 1.165) is 37.2 Å². The maximum Gasteiger partial charge on any atom is 0.160 e. The number of hydrogen-bond donors (Lipinski definition) is 1. The third kappa shape index (κ3) is 2.87. The van der Waals surface area contributed by atoms with Crippen molar-refractivity contribution in [3.8, 4) is 11.4 Å². The molecule has 0 bridgehead atoms. The van der Waals surface area contributed by atoms with Gasteiger partial charge < -0.3 is 5.32 Å². The molecule has 4 rings (SSSR count). The number of nitrogens with one attached hydrogen (secondary N) is 1. The molecule has 2 aromatic heterocycles. The van der Waals surface area contributed by atoms with Crippen LogP contribution in [0.1, 0.15) is 36.1 Å². The van der Waals surface area contributed by atoms with Gasteiger partial charge in [-0.15, -0.1) is 0 Å². The van der Waals surface area contributed by atoms with Gasteiger partial charge in [-0.3, -0.25) is 0 Å². The molecule has 2 aliphatic carbocycles. The van der Waals surface area contributed by atoms with Gasteiger partial charge in [-0.1, -0.05) is 0 Å². The molecule has 2 aromatic rings. The summed E-state index contributed by atoms with van der Waals surface area (Å²) < 4.78 is 0. The lowest BCUT2D eigenvalue weighted by molar-refractivity contribution is 0.418. The first-order chi connectivity index (χ1) is 10.3. The number of aryl methyl sites for hydroxylation is 2. The molecule has 4 heteroatoms. The molecule has 1 N–H and O–H groups in total. The summed E-state index contributed by atoms with van der Waals surface area (Å²) in [5.41, 5.74) is 5.11. The van der Waals surface area contributed by atoms with Crippen LogP contribution in [0.4, 0.5) is 0 Å². The smallest absolute Gasteiger partial charge is 0.160 e. The summed E-state index contributed by atoms with van der Waals surface area (Å²) in [6, 6.07) is 0.812. The fourth-order valence-corrected chi connectivity index (χ4v) is 3.92. The molecule has 2 heterocycles. The van der Waals surface area contributed by atoms with E-state index in [1.165, 1.54) is 41.6 Å². The molecule has 0 radical (unpaired) electrons. The molecular formula is C17H21N3S. The summed E-state index contributed by atoms with van der Waals surface area (Å²) in [5, 5.41) is 7.98. The Morgan fingerprint density at radius 2 is 2.19 bits per heavy atom. The van der Waals surface area contributed by atoms with Crippen molar-refractivity contribution in [3.63, 3.8) is 0 Å². The second kappa shape index (κ2) is 5.50. The van der Waals surface area contributed by atoms with E-state index in [0.29, 0.717) is 0 Å². The lowest BCUT2D eigenvalue weighted by Gasteiger charge is -2.24. The largest absolute Gasteiger partial charge is 0.314 e. The predicted octanol–water partition coefficient (Wildman–Crippen LogP) is 3.37. The fraction of sp³-hybridized carbons (Fsp3) is 0.529. The van der Waals surface area contributed by atoms with Gasteiger partial charge in [-0.25, -0.2) is 9.97 Å². The molecule has 0 spiro atoms. The third-order valence-corrected chi connectivity index (χ3v) is 5.48. The maximum absolute atomic E-state index is 4.83. The van der Waals surface area contributed by atoms with E-state index >= 15 is 0 Å². The Hall–Kier alpha value is -1.26. The Labute approximate surface area is 129 Å². The Kier molecular flexibility index (Phi) is 3.51. The van der Waals surface area contributed by atoms with E-state index in [-0.39, 0.29) is 0 Å². The van der Waals surface area contributed by atoms with Gasteiger partial charge in [0.15, 0.2) is 5.82 Å². The average molecular weight is 299 g/mol. The van der Waals surface area contributed by atoms with Crippen LogP contribution in [0.3, 0.4) is 0 Å². The Morgan fingerprint density at radius 3 is 2.95 bits per heavy atom. The number of hydrogen-bond acceptors (Lipinski definition) is 4. The molecular weight excluding hydrogens is 278 g/mol. The Balaban J connectivity index is 1.50. The summed E-state index contributed by atoms with van der Waals surface area (Å²) in [7, 11) is 0. The molecule has 0 aromatic carbocycles. The van der Waals surface area contributed by atoms with Crippen molar-refractivity contribution in [1.29, 1.82) is 0 Å². The van der Waals surface area contributed by atoms with E-state index in [4.69, 9.17) is 4.98 Å². The monoisotopic (exact) mass is 299 g/mol. The highest BCUT2D eigenvalue weighted by Crippen LogP contribution is 2.29. The highest BCUT2D eigenvalue weighted by atomic mass is 32.1. The van der Waals surface area contributed by atoms with Crippen LogP contribution in [-0.4, -0.2) is 22.6 Å². The van der Waals surface area contributed by atoms with Crippen LogP contribution in [0.25, 0.3) is 11.4 Å². The Bertz CT molecular complexity index is 645. The van der Waals surface area contributed by atoms with Crippen molar-refractivity contribution in [2.75, 3.05) is 6.54 Å². The van der Waals surface area contributed by atoms with Gasteiger partial charge >= 0.3 is 0 Å². The number of aromatic nitrogens is 2. The quantitative estimate of drug-likeness (QED) is 0.940. The second-order valence-electron chi connectivity index (χ2n) is 6.43. The molecule has 110 valence electrons. The van der Waals surface area contributed by atoms with Crippen LogP contribution in [0.15, 0.2) is 17.0 Å². The molecule has 0 aliphatic heterocycles. The van der Waals surface area contributed by atoms with Crippen molar-refractivity contribution >= 4 is 11.3 Å². The van der Waals surface area contributed by atoms with Crippen molar-refractivity contribution in [2.24, 2.45) is 5.92 Å². The predicted molar refractivity (Wildman–Crippen MR) is 86.6 cm³/mol. The molecule has 0 amide bonds. The first-order valence-corrected chi connectivity index (χ1v) is 8.85. The lowest BCUT2D eigenvalue weighted by atomic mass is 9.87. The summed E-state index contributed by atoms with van der Waals surface area (Å²) in [6.07, 6.45) is 8.30. The zero-order valence-electron chi connectivity index (χ0n) is 12.4. The third-order valence-electron chi connectivity index (χ3n) is 4.62. The minimum Gasteiger partial charge on any atom is -0.314 e. The number of nitrogens with zero attached hydrogens (tertiary/aromatic N) is 2. The van der Waals surface area contributed by atoms with Crippen LogP contribution < -0.4 is 5.32 Å². The minimum atomic E-state index is 0.760. The molecule has 21 heavy (non-hydrogen) atoms. The van der Waals surface area contributed by atoms with Gasteiger partial charge in [0.05, 0.1) is 0 Å². The number of thiophene rings is 1.